The van der Waals surface area contributed by atoms with Crippen LogP contribution in [0.15, 0.2) is 66.0 Å². The third-order valence-corrected chi connectivity index (χ3v) is 5.10. The number of methoxy groups -OCH3 is 1. The number of anilines is 2. The average molecular weight is 423 g/mol. The number of likely N-dealkylation sites (N-methyl/N-ethyl adjacent to an activating group) is 1. The van der Waals surface area contributed by atoms with Crippen LogP contribution in [-0.4, -0.2) is 43.3 Å². The first-order valence-corrected chi connectivity index (χ1v) is 9.98. The molecule has 0 fully saturated rings. The zero-order valence-electron chi connectivity index (χ0n) is 16.5. The monoisotopic (exact) mass is 423 g/mol. The molecule has 8 heteroatoms. The van der Waals surface area contributed by atoms with Crippen LogP contribution in [0.4, 0.5) is 11.4 Å². The Hall–Kier alpha value is -3.65. The van der Waals surface area contributed by atoms with Crippen molar-refractivity contribution in [1.29, 1.82) is 0 Å². The number of thiophene rings is 1. The molecule has 1 heterocycles. The Kier molecular flexibility index (Phi) is 6.82. The Morgan fingerprint density at radius 3 is 2.17 bits per heavy atom. The van der Waals surface area contributed by atoms with Gasteiger partial charge in [0.15, 0.2) is 0 Å². The van der Waals surface area contributed by atoms with E-state index in [0.717, 1.165) is 0 Å². The van der Waals surface area contributed by atoms with Crippen LogP contribution < -0.4 is 15.4 Å². The maximum Gasteiger partial charge on any atom is 0.265 e. The van der Waals surface area contributed by atoms with E-state index < -0.39 is 0 Å². The largest absolute Gasteiger partial charge is 0.497 e. The van der Waals surface area contributed by atoms with Gasteiger partial charge in [-0.3, -0.25) is 14.4 Å². The third kappa shape index (κ3) is 5.45. The van der Waals surface area contributed by atoms with Gasteiger partial charge in [0.05, 0.1) is 18.5 Å². The van der Waals surface area contributed by atoms with E-state index >= 15 is 0 Å². The van der Waals surface area contributed by atoms with E-state index in [4.69, 9.17) is 4.74 Å². The summed E-state index contributed by atoms with van der Waals surface area (Å²) >= 11 is 1.35. The maximum absolute atomic E-state index is 12.6. The molecule has 3 amide bonds. The van der Waals surface area contributed by atoms with Crippen LogP contribution in [0.1, 0.15) is 20.0 Å². The second kappa shape index (κ2) is 9.71. The minimum Gasteiger partial charge on any atom is -0.497 e. The summed E-state index contributed by atoms with van der Waals surface area (Å²) in [4.78, 5) is 38.8. The van der Waals surface area contributed by atoms with Crippen molar-refractivity contribution in [3.63, 3.8) is 0 Å². The summed E-state index contributed by atoms with van der Waals surface area (Å²) in [5, 5.41) is 7.35. The average Bonchev–Trinajstić information content (AvgIpc) is 3.29. The van der Waals surface area contributed by atoms with Crippen LogP contribution in [0.3, 0.4) is 0 Å². The predicted molar refractivity (Wildman–Crippen MR) is 117 cm³/mol. The molecule has 0 bridgehead atoms. The highest BCUT2D eigenvalue weighted by atomic mass is 32.1. The number of nitrogens with one attached hydrogen (secondary N) is 2. The van der Waals surface area contributed by atoms with Gasteiger partial charge < -0.3 is 20.3 Å². The lowest BCUT2D eigenvalue weighted by molar-refractivity contribution is -0.116. The molecule has 0 aliphatic heterocycles. The van der Waals surface area contributed by atoms with Crippen LogP contribution in [0.2, 0.25) is 0 Å². The molecular formula is C22H21N3O4S. The molecule has 3 aromatic rings. The number of amides is 3. The van der Waals surface area contributed by atoms with Crippen molar-refractivity contribution in [1.82, 2.24) is 4.90 Å². The molecule has 0 aliphatic rings. The summed E-state index contributed by atoms with van der Waals surface area (Å²) in [6.07, 6.45) is 0. The molecule has 1 aromatic heterocycles. The first-order chi connectivity index (χ1) is 14.5. The van der Waals surface area contributed by atoms with E-state index in [9.17, 15) is 14.4 Å². The predicted octanol–water partition coefficient (Wildman–Crippen LogP) is 3.72. The van der Waals surface area contributed by atoms with Gasteiger partial charge >= 0.3 is 0 Å². The van der Waals surface area contributed by atoms with Gasteiger partial charge in [0.2, 0.25) is 5.91 Å². The lowest BCUT2D eigenvalue weighted by Gasteiger charge is -2.17. The molecule has 30 heavy (non-hydrogen) atoms. The lowest BCUT2D eigenvalue weighted by atomic mass is 10.2. The van der Waals surface area contributed by atoms with Crippen LogP contribution in [0.5, 0.6) is 5.75 Å². The number of ether oxygens (including phenoxy) is 1. The Morgan fingerprint density at radius 1 is 0.933 bits per heavy atom. The van der Waals surface area contributed by atoms with Gasteiger partial charge in [-0.2, -0.15) is 0 Å². The quantitative estimate of drug-likeness (QED) is 0.606. The van der Waals surface area contributed by atoms with E-state index in [1.807, 2.05) is 11.4 Å². The number of carbonyl (C=O) groups excluding carboxylic acids is 3. The SMILES string of the molecule is COc1ccc(NC(=O)CN(C)C(=O)c2ccc(NC(=O)c3cccs3)cc2)cc1. The van der Waals surface area contributed by atoms with Crippen molar-refractivity contribution < 1.29 is 19.1 Å². The Bertz CT molecular complexity index is 1020. The van der Waals surface area contributed by atoms with Crippen LogP contribution in [-0.2, 0) is 4.79 Å². The fraction of sp³-hybridized carbons (Fsp3) is 0.136. The van der Waals surface area contributed by atoms with Gasteiger partial charge in [0.25, 0.3) is 11.8 Å². The van der Waals surface area contributed by atoms with Gasteiger partial charge in [-0.15, -0.1) is 11.3 Å². The molecule has 2 aromatic carbocycles. The second-order valence-corrected chi connectivity index (χ2v) is 7.39. The van der Waals surface area contributed by atoms with Crippen molar-refractivity contribution in [2.45, 2.75) is 0 Å². The fourth-order valence-electron chi connectivity index (χ4n) is 2.68. The summed E-state index contributed by atoms with van der Waals surface area (Å²) in [6, 6.07) is 17.0. The van der Waals surface area contributed by atoms with Gasteiger partial charge in [-0.25, -0.2) is 0 Å². The van der Waals surface area contributed by atoms with Crippen LogP contribution in [0.25, 0.3) is 0 Å². The van der Waals surface area contributed by atoms with Gasteiger partial charge in [-0.05, 0) is 60.0 Å². The number of nitrogens with zero attached hydrogens (tertiary/aromatic N) is 1. The summed E-state index contributed by atoms with van der Waals surface area (Å²) in [5.74, 6) is -0.112. The molecule has 3 rings (SSSR count). The second-order valence-electron chi connectivity index (χ2n) is 6.45. The highest BCUT2D eigenvalue weighted by Gasteiger charge is 2.15. The molecule has 2 N–H and O–H groups in total. The van der Waals surface area contributed by atoms with Gasteiger partial charge in [0, 0.05) is 24.0 Å². The number of benzene rings is 2. The fourth-order valence-corrected chi connectivity index (χ4v) is 3.30. The number of hydrogen-bond acceptors (Lipinski definition) is 5. The number of rotatable bonds is 7. The van der Waals surface area contributed by atoms with Gasteiger partial charge in [-0.1, -0.05) is 6.07 Å². The zero-order chi connectivity index (χ0) is 21.5. The smallest absolute Gasteiger partial charge is 0.265 e. The van der Waals surface area contributed by atoms with Crippen molar-refractivity contribution in [3.05, 3.63) is 76.5 Å². The Labute approximate surface area is 178 Å². The minimum atomic E-state index is -0.309. The molecule has 0 radical (unpaired) electrons. The molecule has 154 valence electrons. The van der Waals surface area contributed by atoms with E-state index in [1.54, 1.807) is 68.8 Å². The normalized spacial score (nSPS) is 10.2. The van der Waals surface area contributed by atoms with Crippen LogP contribution >= 0.6 is 11.3 Å². The topological polar surface area (TPSA) is 87.7 Å². The summed E-state index contributed by atoms with van der Waals surface area (Å²) in [7, 11) is 3.13. The number of hydrogen-bond donors (Lipinski definition) is 2. The molecule has 7 nitrogen and oxygen atoms in total. The van der Waals surface area contributed by atoms with Crippen molar-refractivity contribution in [2.24, 2.45) is 0 Å². The first kappa shape index (κ1) is 21.1. The van der Waals surface area contributed by atoms with E-state index in [1.165, 1.54) is 16.2 Å². The van der Waals surface area contributed by atoms with Crippen molar-refractivity contribution in [2.75, 3.05) is 31.3 Å². The molecule has 0 atom stereocenters. The molecule has 0 saturated carbocycles. The standard InChI is InChI=1S/C22H21N3O4S/c1-25(14-20(26)23-16-9-11-18(29-2)12-10-16)22(28)15-5-7-17(8-6-15)24-21(27)19-4-3-13-30-19/h3-13H,14H2,1-2H3,(H,23,26)(H,24,27). The van der Waals surface area contributed by atoms with Crippen molar-refractivity contribution in [3.8, 4) is 5.75 Å². The minimum absolute atomic E-state index is 0.0955. The maximum atomic E-state index is 12.6. The van der Waals surface area contributed by atoms with E-state index in [2.05, 4.69) is 10.6 Å². The highest BCUT2D eigenvalue weighted by molar-refractivity contribution is 7.12. The third-order valence-electron chi connectivity index (χ3n) is 4.24. The zero-order valence-corrected chi connectivity index (χ0v) is 17.4. The summed E-state index contributed by atoms with van der Waals surface area (Å²) in [6.45, 7) is -0.0955. The van der Waals surface area contributed by atoms with E-state index in [-0.39, 0.29) is 24.3 Å². The molecule has 0 spiro atoms. The van der Waals surface area contributed by atoms with E-state index in [0.29, 0.717) is 27.6 Å². The molecular weight excluding hydrogens is 402 g/mol. The summed E-state index contributed by atoms with van der Waals surface area (Å²) in [5.41, 5.74) is 1.63. The van der Waals surface area contributed by atoms with Gasteiger partial charge in [0.1, 0.15) is 5.75 Å². The summed E-state index contributed by atoms with van der Waals surface area (Å²) < 4.78 is 5.08. The van der Waals surface area contributed by atoms with Crippen molar-refractivity contribution >= 4 is 40.4 Å². The molecule has 0 unspecified atom stereocenters. The highest BCUT2D eigenvalue weighted by Crippen LogP contribution is 2.16. The molecule has 0 saturated heterocycles. The Balaban J connectivity index is 1.54. The van der Waals surface area contributed by atoms with Crippen LogP contribution in [0, 0.1) is 0 Å². The first-order valence-electron chi connectivity index (χ1n) is 9.10. The lowest BCUT2D eigenvalue weighted by Crippen LogP contribution is -2.34. The Morgan fingerprint density at radius 2 is 1.57 bits per heavy atom. The molecule has 0 aliphatic carbocycles. The number of carbonyl (C=O) groups is 3.